The van der Waals surface area contributed by atoms with E-state index in [-0.39, 0.29) is 11.9 Å². The highest BCUT2D eigenvalue weighted by molar-refractivity contribution is 5.97. The van der Waals surface area contributed by atoms with Gasteiger partial charge in [-0.3, -0.25) is 4.79 Å². The molecule has 1 aromatic carbocycles. The molecule has 0 aliphatic carbocycles. The lowest BCUT2D eigenvalue weighted by molar-refractivity contribution is -0.149. The van der Waals surface area contributed by atoms with Crippen molar-refractivity contribution >= 4 is 11.9 Å². The Labute approximate surface area is 140 Å². The maximum atomic E-state index is 12.8. The summed E-state index contributed by atoms with van der Waals surface area (Å²) in [6, 6.07) is 6.63. The number of aromatic nitrogens is 3. The van der Waals surface area contributed by atoms with E-state index < -0.39 is 6.04 Å². The number of benzene rings is 1. The minimum atomic E-state index is -0.485. The van der Waals surface area contributed by atoms with E-state index in [0.29, 0.717) is 25.1 Å². The molecule has 0 spiro atoms. The largest absolute Gasteiger partial charge is 0.464 e. The second-order valence-electron chi connectivity index (χ2n) is 5.66. The van der Waals surface area contributed by atoms with Crippen molar-refractivity contribution < 1.29 is 14.3 Å². The van der Waals surface area contributed by atoms with E-state index in [1.165, 1.54) is 0 Å². The summed E-state index contributed by atoms with van der Waals surface area (Å²) >= 11 is 0. The third-order valence-electron chi connectivity index (χ3n) is 4.12. The van der Waals surface area contributed by atoms with Gasteiger partial charge in [0.25, 0.3) is 5.91 Å². The van der Waals surface area contributed by atoms with Crippen LogP contribution >= 0.6 is 0 Å². The van der Waals surface area contributed by atoms with Crippen molar-refractivity contribution in [1.29, 1.82) is 0 Å². The van der Waals surface area contributed by atoms with Gasteiger partial charge >= 0.3 is 5.97 Å². The standard InChI is InChI=1S/C17H20N4O3/c1-2-24-17(23)15-5-3-4-11-20(15)16(22)13-6-8-14(9-7-13)21-12-10-18-19-21/h6-10,12,15H,2-5,11H2,1H3/t15-/m0/s1. The number of amides is 1. The number of hydrogen-bond acceptors (Lipinski definition) is 5. The maximum absolute atomic E-state index is 12.8. The molecule has 1 aromatic heterocycles. The van der Waals surface area contributed by atoms with Crippen molar-refractivity contribution in [2.75, 3.05) is 13.2 Å². The van der Waals surface area contributed by atoms with Crippen LogP contribution in [0, 0.1) is 0 Å². The molecule has 0 saturated carbocycles. The number of ether oxygens (including phenoxy) is 1. The van der Waals surface area contributed by atoms with E-state index >= 15 is 0 Å². The van der Waals surface area contributed by atoms with Crippen LogP contribution in [0.1, 0.15) is 36.5 Å². The fourth-order valence-electron chi connectivity index (χ4n) is 2.93. The Bertz CT molecular complexity index is 697. The Morgan fingerprint density at radius 1 is 1.25 bits per heavy atom. The molecule has 0 radical (unpaired) electrons. The number of likely N-dealkylation sites (tertiary alicyclic amines) is 1. The van der Waals surface area contributed by atoms with E-state index in [9.17, 15) is 9.59 Å². The van der Waals surface area contributed by atoms with E-state index in [1.807, 2.05) is 12.1 Å². The topological polar surface area (TPSA) is 77.3 Å². The van der Waals surface area contributed by atoms with Crippen LogP contribution in [0.4, 0.5) is 0 Å². The summed E-state index contributed by atoms with van der Waals surface area (Å²) in [4.78, 5) is 26.6. The van der Waals surface area contributed by atoms with Crippen molar-refractivity contribution in [3.05, 3.63) is 42.2 Å². The van der Waals surface area contributed by atoms with Crippen LogP contribution in [0.15, 0.2) is 36.7 Å². The van der Waals surface area contributed by atoms with Gasteiger partial charge in [-0.05, 0) is 50.5 Å². The first-order chi connectivity index (χ1) is 11.7. The Balaban J connectivity index is 1.77. The van der Waals surface area contributed by atoms with Crippen LogP contribution in [-0.2, 0) is 9.53 Å². The van der Waals surface area contributed by atoms with Gasteiger partial charge < -0.3 is 9.64 Å². The van der Waals surface area contributed by atoms with E-state index in [4.69, 9.17) is 4.74 Å². The van der Waals surface area contributed by atoms with Crippen molar-refractivity contribution in [1.82, 2.24) is 19.9 Å². The molecule has 3 rings (SSSR count). The molecule has 7 nitrogen and oxygen atoms in total. The second kappa shape index (κ2) is 7.25. The molecule has 2 heterocycles. The Morgan fingerprint density at radius 3 is 2.71 bits per heavy atom. The molecule has 2 aromatic rings. The smallest absolute Gasteiger partial charge is 0.328 e. The molecule has 0 bridgehead atoms. The van der Waals surface area contributed by atoms with Crippen molar-refractivity contribution in [3.63, 3.8) is 0 Å². The molecule has 1 aliphatic rings. The van der Waals surface area contributed by atoms with Gasteiger partial charge in [0.15, 0.2) is 0 Å². The van der Waals surface area contributed by atoms with Gasteiger partial charge in [0.05, 0.1) is 24.7 Å². The SMILES string of the molecule is CCOC(=O)[C@@H]1CCCCN1C(=O)c1ccc(-n2ccnn2)cc1. The number of nitrogens with zero attached hydrogens (tertiary/aromatic N) is 4. The van der Waals surface area contributed by atoms with Crippen molar-refractivity contribution in [2.24, 2.45) is 0 Å². The zero-order chi connectivity index (χ0) is 16.9. The van der Waals surface area contributed by atoms with Crippen LogP contribution in [0.25, 0.3) is 5.69 Å². The average Bonchev–Trinajstić information content (AvgIpc) is 3.16. The number of piperidine rings is 1. The maximum Gasteiger partial charge on any atom is 0.328 e. The van der Waals surface area contributed by atoms with E-state index in [1.54, 1.807) is 41.0 Å². The lowest BCUT2D eigenvalue weighted by Gasteiger charge is -2.34. The Kier molecular flexibility index (Phi) is 4.88. The third kappa shape index (κ3) is 3.29. The van der Waals surface area contributed by atoms with E-state index in [0.717, 1.165) is 18.5 Å². The lowest BCUT2D eigenvalue weighted by Crippen LogP contribution is -2.48. The van der Waals surface area contributed by atoms with Gasteiger partial charge in [-0.15, -0.1) is 5.10 Å². The van der Waals surface area contributed by atoms with Gasteiger partial charge in [0.1, 0.15) is 6.04 Å². The van der Waals surface area contributed by atoms with Gasteiger partial charge in [0.2, 0.25) is 0 Å². The monoisotopic (exact) mass is 328 g/mol. The zero-order valence-corrected chi connectivity index (χ0v) is 13.6. The number of carbonyl (C=O) groups is 2. The predicted octanol–water partition coefficient (Wildman–Crippen LogP) is 1.83. The molecule has 0 unspecified atom stereocenters. The van der Waals surface area contributed by atoms with Crippen LogP contribution in [0.3, 0.4) is 0 Å². The highest BCUT2D eigenvalue weighted by Gasteiger charge is 2.33. The average molecular weight is 328 g/mol. The summed E-state index contributed by atoms with van der Waals surface area (Å²) in [6.07, 6.45) is 5.81. The summed E-state index contributed by atoms with van der Waals surface area (Å²) in [5.41, 5.74) is 1.37. The molecule has 126 valence electrons. The lowest BCUT2D eigenvalue weighted by atomic mass is 10.0. The van der Waals surface area contributed by atoms with Crippen molar-refractivity contribution in [2.45, 2.75) is 32.2 Å². The number of carbonyl (C=O) groups excluding carboxylic acids is 2. The molecule has 0 N–H and O–H groups in total. The van der Waals surface area contributed by atoms with Gasteiger partial charge in [-0.1, -0.05) is 5.21 Å². The number of rotatable bonds is 4. The molecular weight excluding hydrogens is 308 g/mol. The summed E-state index contributed by atoms with van der Waals surface area (Å²) in [6.45, 7) is 2.67. The first-order valence-corrected chi connectivity index (χ1v) is 8.15. The molecule has 7 heteroatoms. The van der Waals surface area contributed by atoms with Crippen LogP contribution in [0.5, 0.6) is 0 Å². The molecule has 1 atom stereocenters. The fourth-order valence-corrected chi connectivity index (χ4v) is 2.93. The van der Waals surface area contributed by atoms with E-state index in [2.05, 4.69) is 10.3 Å². The normalized spacial score (nSPS) is 17.5. The minimum Gasteiger partial charge on any atom is -0.464 e. The zero-order valence-electron chi connectivity index (χ0n) is 13.6. The van der Waals surface area contributed by atoms with Crippen molar-refractivity contribution in [3.8, 4) is 5.69 Å². The van der Waals surface area contributed by atoms with Gasteiger partial charge in [-0.2, -0.15) is 0 Å². The Morgan fingerprint density at radius 2 is 2.04 bits per heavy atom. The third-order valence-corrected chi connectivity index (χ3v) is 4.12. The molecule has 1 aliphatic heterocycles. The van der Waals surface area contributed by atoms with Crippen LogP contribution in [0.2, 0.25) is 0 Å². The molecule has 1 saturated heterocycles. The summed E-state index contributed by atoms with van der Waals surface area (Å²) < 4.78 is 6.74. The quantitative estimate of drug-likeness (QED) is 0.800. The Hall–Kier alpha value is -2.70. The van der Waals surface area contributed by atoms with Gasteiger partial charge in [0, 0.05) is 12.1 Å². The minimum absolute atomic E-state index is 0.141. The summed E-state index contributed by atoms with van der Waals surface area (Å²) in [5, 5.41) is 7.68. The number of esters is 1. The summed E-state index contributed by atoms with van der Waals surface area (Å²) in [7, 11) is 0. The van der Waals surface area contributed by atoms with Crippen LogP contribution < -0.4 is 0 Å². The molecule has 1 amide bonds. The first kappa shape index (κ1) is 16.2. The highest BCUT2D eigenvalue weighted by atomic mass is 16.5. The molecular formula is C17H20N4O3. The second-order valence-corrected chi connectivity index (χ2v) is 5.66. The predicted molar refractivity (Wildman–Crippen MR) is 86.7 cm³/mol. The molecule has 24 heavy (non-hydrogen) atoms. The van der Waals surface area contributed by atoms with Gasteiger partial charge in [-0.25, -0.2) is 9.48 Å². The van der Waals surface area contributed by atoms with Crippen LogP contribution in [-0.4, -0.2) is 51.0 Å². The summed E-state index contributed by atoms with van der Waals surface area (Å²) in [5.74, 6) is -0.456. The number of hydrogen-bond donors (Lipinski definition) is 0. The highest BCUT2D eigenvalue weighted by Crippen LogP contribution is 2.21. The fraction of sp³-hybridized carbons (Fsp3) is 0.412. The molecule has 1 fully saturated rings. The first-order valence-electron chi connectivity index (χ1n) is 8.15.